The standard InChI is InChI=1S/C34H39N3O10S/c1-3-24-18-23(14-15-25(24)29-20-30(39)37-48(29,43)44)19-26(36-34(42)47-21-22-10-5-4-6-11-22)32(40)35-16-7-8-17-46-28-13-9-12-27(38)31(28)33(41)45-2/h3-6,9-15,18,26,29,38,43-44H,1,7-8,16-17,19-21H2,2H3,(H,35,40)(H,36,42)(H,37,39)/t26-,29?/m0/s1. The second-order valence-electron chi connectivity index (χ2n) is 10.9. The molecule has 6 N–H and O–H groups in total. The van der Waals surface area contributed by atoms with E-state index >= 15 is 0 Å². The number of phenols is 1. The number of alkyl carbamates (subject to hydrolysis) is 1. The number of ether oxygens (including phenoxy) is 3. The Balaban J connectivity index is 1.39. The van der Waals surface area contributed by atoms with Crippen molar-refractivity contribution in [3.63, 3.8) is 0 Å². The molecule has 1 heterocycles. The Morgan fingerprint density at radius 2 is 1.83 bits per heavy atom. The van der Waals surface area contributed by atoms with Crippen molar-refractivity contribution in [2.75, 3.05) is 20.3 Å². The molecule has 0 saturated carbocycles. The number of methoxy groups -OCH3 is 1. The predicted octanol–water partition coefficient (Wildman–Crippen LogP) is 4.86. The molecule has 3 aromatic carbocycles. The molecule has 14 heteroatoms. The molecule has 0 spiro atoms. The van der Waals surface area contributed by atoms with E-state index in [1.54, 1.807) is 42.5 Å². The van der Waals surface area contributed by atoms with Gasteiger partial charge in [0.1, 0.15) is 35.0 Å². The molecule has 256 valence electrons. The van der Waals surface area contributed by atoms with E-state index in [1.165, 1.54) is 19.3 Å². The molecule has 0 aromatic heterocycles. The number of amides is 3. The molecule has 1 unspecified atom stereocenters. The summed E-state index contributed by atoms with van der Waals surface area (Å²) in [5.41, 5.74) is 2.43. The first-order valence-electron chi connectivity index (χ1n) is 15.1. The Morgan fingerprint density at radius 3 is 2.52 bits per heavy atom. The average Bonchev–Trinajstić information content (AvgIpc) is 3.35. The molecule has 0 bridgehead atoms. The summed E-state index contributed by atoms with van der Waals surface area (Å²) < 4.78 is 38.7. The summed E-state index contributed by atoms with van der Waals surface area (Å²) in [6.07, 6.45) is 1.72. The number of carbonyl (C=O) groups excluding carboxylic acids is 4. The summed E-state index contributed by atoms with van der Waals surface area (Å²) in [6.45, 7) is 4.27. The molecule has 4 rings (SSSR count). The zero-order chi connectivity index (χ0) is 34.7. The van der Waals surface area contributed by atoms with Crippen molar-refractivity contribution in [2.24, 2.45) is 0 Å². The van der Waals surface area contributed by atoms with Gasteiger partial charge in [-0.05, 0) is 47.2 Å². The quantitative estimate of drug-likeness (QED) is 0.0953. The molecule has 0 radical (unpaired) electrons. The molecule has 1 saturated heterocycles. The van der Waals surface area contributed by atoms with E-state index in [2.05, 4.69) is 21.9 Å². The number of hydrogen-bond acceptors (Lipinski definition) is 10. The first kappa shape index (κ1) is 35.8. The van der Waals surface area contributed by atoms with Crippen molar-refractivity contribution >= 4 is 40.7 Å². The summed E-state index contributed by atoms with van der Waals surface area (Å²) >= 11 is 0. The van der Waals surface area contributed by atoms with Crippen LogP contribution in [-0.4, -0.2) is 64.4 Å². The summed E-state index contributed by atoms with van der Waals surface area (Å²) in [4.78, 5) is 50.0. The van der Waals surface area contributed by atoms with Gasteiger partial charge in [-0.3, -0.25) is 23.4 Å². The molecular formula is C34H39N3O10S. The third kappa shape index (κ3) is 9.50. The average molecular weight is 682 g/mol. The van der Waals surface area contributed by atoms with Crippen LogP contribution >= 0.6 is 10.8 Å². The number of esters is 1. The van der Waals surface area contributed by atoms with Gasteiger partial charge in [0.05, 0.1) is 20.1 Å². The van der Waals surface area contributed by atoms with Gasteiger partial charge < -0.3 is 30.0 Å². The van der Waals surface area contributed by atoms with Crippen molar-refractivity contribution in [3.8, 4) is 11.5 Å². The van der Waals surface area contributed by atoms with Crippen LogP contribution in [0.4, 0.5) is 4.79 Å². The van der Waals surface area contributed by atoms with Crippen LogP contribution < -0.4 is 20.1 Å². The lowest BCUT2D eigenvalue weighted by molar-refractivity contribution is -0.123. The third-order valence-corrected chi connectivity index (χ3v) is 9.27. The van der Waals surface area contributed by atoms with Crippen LogP contribution in [0.2, 0.25) is 0 Å². The van der Waals surface area contributed by atoms with E-state index in [9.17, 15) is 33.4 Å². The number of phenolic OH excluding ortho intramolecular Hbond substituents is 1. The molecule has 48 heavy (non-hydrogen) atoms. The van der Waals surface area contributed by atoms with E-state index < -0.39 is 45.9 Å². The van der Waals surface area contributed by atoms with Crippen molar-refractivity contribution in [1.29, 1.82) is 0 Å². The smallest absolute Gasteiger partial charge is 0.408 e. The van der Waals surface area contributed by atoms with E-state index in [4.69, 9.17) is 14.2 Å². The largest absolute Gasteiger partial charge is 0.507 e. The van der Waals surface area contributed by atoms with Crippen molar-refractivity contribution in [2.45, 2.75) is 43.6 Å². The second kappa shape index (κ2) is 16.7. The van der Waals surface area contributed by atoms with Crippen molar-refractivity contribution in [3.05, 3.63) is 101 Å². The number of hydrogen-bond donors (Lipinski definition) is 6. The molecule has 1 fully saturated rings. The number of aromatic hydroxyl groups is 1. The van der Waals surface area contributed by atoms with Crippen LogP contribution in [0.5, 0.6) is 11.5 Å². The Morgan fingerprint density at radius 1 is 1.06 bits per heavy atom. The Labute approximate surface area is 279 Å². The van der Waals surface area contributed by atoms with Gasteiger partial charge in [-0.25, -0.2) is 9.59 Å². The molecule has 2 atom stereocenters. The maximum atomic E-state index is 13.3. The molecule has 13 nitrogen and oxygen atoms in total. The maximum absolute atomic E-state index is 13.3. The highest BCUT2D eigenvalue weighted by molar-refractivity contribution is 8.23. The molecular weight excluding hydrogens is 642 g/mol. The normalized spacial score (nSPS) is 16.1. The van der Waals surface area contributed by atoms with Crippen LogP contribution in [0.15, 0.2) is 73.3 Å². The number of benzene rings is 3. The number of carbonyl (C=O) groups is 4. The molecule has 1 aliphatic heterocycles. The monoisotopic (exact) mass is 681 g/mol. The van der Waals surface area contributed by atoms with Crippen molar-refractivity contribution in [1.82, 2.24) is 15.4 Å². The van der Waals surface area contributed by atoms with Crippen LogP contribution in [0, 0.1) is 0 Å². The Kier molecular flexibility index (Phi) is 12.4. The number of rotatable bonds is 15. The molecule has 3 amide bonds. The van der Waals surface area contributed by atoms with Gasteiger partial charge in [-0.15, -0.1) is 10.8 Å². The lowest BCUT2D eigenvalue weighted by Crippen LogP contribution is -2.48. The van der Waals surface area contributed by atoms with E-state index in [-0.39, 0.29) is 49.7 Å². The zero-order valence-corrected chi connectivity index (χ0v) is 27.2. The summed E-state index contributed by atoms with van der Waals surface area (Å²) in [5.74, 6) is -1.74. The maximum Gasteiger partial charge on any atom is 0.408 e. The topological polar surface area (TPSA) is 193 Å². The van der Waals surface area contributed by atoms with Gasteiger partial charge in [-0.1, -0.05) is 67.3 Å². The lowest BCUT2D eigenvalue weighted by atomic mass is 9.96. The number of nitrogens with one attached hydrogen (secondary N) is 3. The molecule has 1 aliphatic rings. The van der Waals surface area contributed by atoms with Gasteiger partial charge in [-0.2, -0.15) is 0 Å². The van der Waals surface area contributed by atoms with Gasteiger partial charge in [0.25, 0.3) is 0 Å². The highest BCUT2D eigenvalue weighted by Gasteiger charge is 2.39. The van der Waals surface area contributed by atoms with E-state index in [1.807, 2.05) is 18.2 Å². The summed E-state index contributed by atoms with van der Waals surface area (Å²) in [7, 11) is -2.18. The molecule has 0 aliphatic carbocycles. The number of unbranched alkanes of at least 4 members (excludes halogenated alkanes) is 1. The van der Waals surface area contributed by atoms with Gasteiger partial charge in [0.2, 0.25) is 11.8 Å². The fourth-order valence-electron chi connectivity index (χ4n) is 5.12. The van der Waals surface area contributed by atoms with Crippen LogP contribution in [0.1, 0.15) is 57.1 Å². The van der Waals surface area contributed by atoms with Crippen molar-refractivity contribution < 1.29 is 47.6 Å². The fourth-order valence-corrected chi connectivity index (χ4v) is 6.63. The summed E-state index contributed by atoms with van der Waals surface area (Å²) in [6, 6.07) is 17.6. The van der Waals surface area contributed by atoms with E-state index in [0.717, 1.165) is 5.56 Å². The third-order valence-electron chi connectivity index (χ3n) is 7.53. The molecule has 3 aromatic rings. The van der Waals surface area contributed by atoms with Gasteiger partial charge in [0.15, 0.2) is 0 Å². The predicted molar refractivity (Wildman–Crippen MR) is 179 cm³/mol. The highest BCUT2D eigenvalue weighted by Crippen LogP contribution is 2.56. The van der Waals surface area contributed by atoms with Crippen LogP contribution in [0.3, 0.4) is 0 Å². The van der Waals surface area contributed by atoms with Gasteiger partial charge >= 0.3 is 12.1 Å². The zero-order valence-electron chi connectivity index (χ0n) is 26.3. The minimum atomic E-state index is -3.38. The lowest BCUT2D eigenvalue weighted by Gasteiger charge is -2.33. The Bertz CT molecular complexity index is 1630. The Hall–Kier alpha value is -5.05. The fraction of sp³-hybridized carbons (Fsp3) is 0.294. The van der Waals surface area contributed by atoms with Crippen LogP contribution in [0.25, 0.3) is 6.08 Å². The SMILES string of the molecule is C=Cc1cc(C[C@H](NC(=O)OCc2ccccc2)C(=O)NCCCCOc2cccc(O)c2C(=O)OC)ccc1C1CC(=O)NS1(O)O. The first-order valence-corrected chi connectivity index (χ1v) is 16.7. The summed E-state index contributed by atoms with van der Waals surface area (Å²) in [5, 5.41) is 14.6. The minimum absolute atomic E-state index is 0.00769. The van der Waals surface area contributed by atoms with E-state index in [0.29, 0.717) is 29.5 Å². The van der Waals surface area contributed by atoms with Gasteiger partial charge in [0, 0.05) is 13.0 Å². The van der Waals surface area contributed by atoms with Crippen LogP contribution in [-0.2, 0) is 32.1 Å². The highest BCUT2D eigenvalue weighted by atomic mass is 32.3. The minimum Gasteiger partial charge on any atom is -0.507 e. The first-order chi connectivity index (χ1) is 23.0. The second-order valence-corrected chi connectivity index (χ2v) is 12.9.